The van der Waals surface area contributed by atoms with Gasteiger partial charge in [-0.25, -0.2) is 8.78 Å². The molecule has 1 nitrogen and oxygen atoms in total. The maximum atomic E-state index is 13.1. The molecule has 0 aliphatic rings. The van der Waals surface area contributed by atoms with Crippen LogP contribution in [0.5, 0.6) is 0 Å². The Balaban J connectivity index is 2.58. The Bertz CT molecular complexity index is 535. The minimum absolute atomic E-state index is 0.349. The molecule has 0 radical (unpaired) electrons. The lowest BCUT2D eigenvalue weighted by molar-refractivity contribution is 0.584. The monoisotopic (exact) mass is 253 g/mol. The fourth-order valence-corrected chi connectivity index (χ4v) is 1.86. The van der Waals surface area contributed by atoms with Crippen molar-refractivity contribution in [3.63, 3.8) is 0 Å². The highest BCUT2D eigenvalue weighted by molar-refractivity contribution is 6.33. The molecule has 2 aromatic rings. The maximum absolute atomic E-state index is 13.1. The third kappa shape index (κ3) is 2.62. The highest BCUT2D eigenvalue weighted by atomic mass is 35.5. The second-order valence-electron chi connectivity index (χ2n) is 3.68. The first kappa shape index (κ1) is 12.0. The summed E-state index contributed by atoms with van der Waals surface area (Å²) in [7, 11) is 0. The van der Waals surface area contributed by atoms with Crippen molar-refractivity contribution in [2.45, 2.75) is 6.54 Å². The number of hydrogen-bond acceptors (Lipinski definition) is 1. The van der Waals surface area contributed by atoms with Crippen molar-refractivity contribution in [3.05, 3.63) is 58.6 Å². The molecule has 0 aromatic heterocycles. The molecule has 2 rings (SSSR count). The summed E-state index contributed by atoms with van der Waals surface area (Å²) in [5.41, 5.74) is 7.35. The molecule has 0 spiro atoms. The highest BCUT2D eigenvalue weighted by Crippen LogP contribution is 2.29. The van der Waals surface area contributed by atoms with Gasteiger partial charge in [0.2, 0.25) is 0 Å². The summed E-state index contributed by atoms with van der Waals surface area (Å²) < 4.78 is 26.2. The molecule has 0 aliphatic heterocycles. The predicted molar refractivity (Wildman–Crippen MR) is 64.7 cm³/mol. The van der Waals surface area contributed by atoms with Crippen LogP contribution in [0.3, 0.4) is 0 Å². The molecule has 88 valence electrons. The molecule has 2 aromatic carbocycles. The lowest BCUT2D eigenvalue weighted by Crippen LogP contribution is -1.96. The SMILES string of the molecule is NCc1ccc(Cl)c(-c2cc(F)cc(F)c2)c1. The molecule has 0 fully saturated rings. The lowest BCUT2D eigenvalue weighted by Gasteiger charge is -2.07. The molecule has 0 saturated carbocycles. The van der Waals surface area contributed by atoms with Gasteiger partial charge in [-0.05, 0) is 35.4 Å². The molecule has 4 heteroatoms. The van der Waals surface area contributed by atoms with Crippen molar-refractivity contribution >= 4 is 11.6 Å². The normalized spacial score (nSPS) is 10.6. The van der Waals surface area contributed by atoms with Crippen LogP contribution >= 0.6 is 11.6 Å². The van der Waals surface area contributed by atoms with E-state index in [1.54, 1.807) is 18.2 Å². The largest absolute Gasteiger partial charge is 0.326 e. The number of hydrogen-bond donors (Lipinski definition) is 1. The van der Waals surface area contributed by atoms with Crippen LogP contribution in [0.25, 0.3) is 11.1 Å². The van der Waals surface area contributed by atoms with Crippen molar-refractivity contribution < 1.29 is 8.78 Å². The first-order valence-corrected chi connectivity index (χ1v) is 5.43. The Kier molecular flexibility index (Phi) is 3.41. The van der Waals surface area contributed by atoms with E-state index in [9.17, 15) is 8.78 Å². The van der Waals surface area contributed by atoms with Crippen molar-refractivity contribution in [2.75, 3.05) is 0 Å². The van der Waals surface area contributed by atoms with Crippen molar-refractivity contribution in [3.8, 4) is 11.1 Å². The Morgan fingerprint density at radius 2 is 1.65 bits per heavy atom. The Hall–Kier alpha value is -1.45. The zero-order valence-electron chi connectivity index (χ0n) is 8.88. The van der Waals surface area contributed by atoms with Gasteiger partial charge in [0, 0.05) is 23.2 Å². The van der Waals surface area contributed by atoms with Crippen molar-refractivity contribution in [1.29, 1.82) is 0 Å². The second kappa shape index (κ2) is 4.82. The second-order valence-corrected chi connectivity index (χ2v) is 4.08. The fourth-order valence-electron chi connectivity index (χ4n) is 1.63. The van der Waals surface area contributed by atoms with Crippen LogP contribution in [-0.2, 0) is 6.54 Å². The van der Waals surface area contributed by atoms with Gasteiger partial charge in [0.1, 0.15) is 11.6 Å². The quantitative estimate of drug-likeness (QED) is 0.867. The van der Waals surface area contributed by atoms with Crippen LogP contribution in [0, 0.1) is 11.6 Å². The maximum Gasteiger partial charge on any atom is 0.126 e. The third-order valence-corrected chi connectivity index (χ3v) is 2.77. The summed E-state index contributed by atoms with van der Waals surface area (Å²) in [6.07, 6.45) is 0. The van der Waals surface area contributed by atoms with E-state index in [0.717, 1.165) is 11.6 Å². The molecule has 0 unspecified atom stereocenters. The van der Waals surface area contributed by atoms with E-state index in [2.05, 4.69) is 0 Å². The van der Waals surface area contributed by atoms with Gasteiger partial charge in [-0.15, -0.1) is 0 Å². The minimum Gasteiger partial charge on any atom is -0.326 e. The van der Waals surface area contributed by atoms with Crippen molar-refractivity contribution in [2.24, 2.45) is 5.73 Å². The van der Waals surface area contributed by atoms with E-state index < -0.39 is 11.6 Å². The van der Waals surface area contributed by atoms with Gasteiger partial charge in [0.25, 0.3) is 0 Å². The molecule has 0 saturated heterocycles. The van der Waals surface area contributed by atoms with E-state index in [-0.39, 0.29) is 0 Å². The van der Waals surface area contributed by atoms with Gasteiger partial charge >= 0.3 is 0 Å². The van der Waals surface area contributed by atoms with Crippen molar-refractivity contribution in [1.82, 2.24) is 0 Å². The molecule has 2 N–H and O–H groups in total. The van der Waals surface area contributed by atoms with Gasteiger partial charge in [-0.3, -0.25) is 0 Å². The van der Waals surface area contributed by atoms with Gasteiger partial charge < -0.3 is 5.73 Å². The fraction of sp³-hybridized carbons (Fsp3) is 0.0769. The molecule has 0 atom stereocenters. The molecular weight excluding hydrogens is 244 g/mol. The number of rotatable bonds is 2. The summed E-state index contributed by atoms with van der Waals surface area (Å²) in [5.74, 6) is -1.26. The molecule has 0 bridgehead atoms. The van der Waals surface area contributed by atoms with Crippen LogP contribution in [0.15, 0.2) is 36.4 Å². The van der Waals surface area contributed by atoms with Gasteiger partial charge in [-0.1, -0.05) is 17.7 Å². The first-order chi connectivity index (χ1) is 8.10. The summed E-state index contributed by atoms with van der Waals surface area (Å²) in [6.45, 7) is 0.349. The Morgan fingerprint density at radius 1 is 1.00 bits per heavy atom. The Morgan fingerprint density at radius 3 is 2.24 bits per heavy atom. The van der Waals surface area contributed by atoms with Crippen LogP contribution < -0.4 is 5.73 Å². The predicted octanol–water partition coefficient (Wildman–Crippen LogP) is 3.74. The number of benzene rings is 2. The molecule has 0 aliphatic carbocycles. The minimum atomic E-state index is -0.630. The van der Waals surface area contributed by atoms with E-state index in [0.29, 0.717) is 22.7 Å². The van der Waals surface area contributed by atoms with Crippen LogP contribution in [0.2, 0.25) is 5.02 Å². The third-order valence-electron chi connectivity index (χ3n) is 2.44. The highest BCUT2D eigenvalue weighted by Gasteiger charge is 2.07. The molecule has 17 heavy (non-hydrogen) atoms. The molecular formula is C13H10ClF2N. The summed E-state index contributed by atoms with van der Waals surface area (Å²) in [6, 6.07) is 8.49. The molecule has 0 heterocycles. The smallest absolute Gasteiger partial charge is 0.126 e. The summed E-state index contributed by atoms with van der Waals surface area (Å²) in [5, 5.41) is 0.437. The van der Waals surface area contributed by atoms with Gasteiger partial charge in [0.15, 0.2) is 0 Å². The average Bonchev–Trinajstić information content (AvgIpc) is 2.28. The number of halogens is 3. The van der Waals surface area contributed by atoms with Crippen LogP contribution in [-0.4, -0.2) is 0 Å². The summed E-state index contributed by atoms with van der Waals surface area (Å²) >= 11 is 6.01. The zero-order chi connectivity index (χ0) is 12.4. The van der Waals surface area contributed by atoms with E-state index in [1.807, 2.05) is 0 Å². The first-order valence-electron chi connectivity index (χ1n) is 5.05. The summed E-state index contributed by atoms with van der Waals surface area (Å²) in [4.78, 5) is 0. The molecule has 0 amide bonds. The van der Waals surface area contributed by atoms with E-state index in [4.69, 9.17) is 17.3 Å². The lowest BCUT2D eigenvalue weighted by atomic mass is 10.0. The Labute approximate surface area is 103 Å². The van der Waals surface area contributed by atoms with Gasteiger partial charge in [-0.2, -0.15) is 0 Å². The van der Waals surface area contributed by atoms with Crippen LogP contribution in [0.4, 0.5) is 8.78 Å². The van der Waals surface area contributed by atoms with E-state index >= 15 is 0 Å². The zero-order valence-corrected chi connectivity index (χ0v) is 9.64. The van der Waals surface area contributed by atoms with Gasteiger partial charge in [0.05, 0.1) is 0 Å². The topological polar surface area (TPSA) is 26.0 Å². The van der Waals surface area contributed by atoms with E-state index in [1.165, 1.54) is 12.1 Å². The van der Waals surface area contributed by atoms with Crippen LogP contribution in [0.1, 0.15) is 5.56 Å². The average molecular weight is 254 g/mol. The number of nitrogens with two attached hydrogens (primary N) is 1. The standard InChI is InChI=1S/C13H10ClF2N/c14-13-2-1-8(7-17)3-12(13)9-4-10(15)6-11(16)5-9/h1-6H,7,17H2.